The first-order chi connectivity index (χ1) is 9.75. The quantitative estimate of drug-likeness (QED) is 0.737. The SMILES string of the molecule is O=C(Nc1ccccn1)c1n[nH]c(=O)c2ccccc12. The molecule has 0 atom stereocenters. The Hall–Kier alpha value is -3.02. The van der Waals surface area contributed by atoms with Crippen molar-refractivity contribution in [3.8, 4) is 0 Å². The summed E-state index contributed by atoms with van der Waals surface area (Å²) in [5.74, 6) is 0.00531. The minimum atomic E-state index is -0.420. The highest BCUT2D eigenvalue weighted by molar-refractivity contribution is 6.10. The number of pyridine rings is 1. The molecule has 3 aromatic rings. The molecule has 2 heterocycles. The second-order valence-corrected chi connectivity index (χ2v) is 4.12. The van der Waals surface area contributed by atoms with Gasteiger partial charge in [0.1, 0.15) is 5.82 Å². The van der Waals surface area contributed by atoms with Crippen LogP contribution in [-0.2, 0) is 0 Å². The lowest BCUT2D eigenvalue weighted by atomic mass is 10.1. The number of aromatic nitrogens is 3. The van der Waals surface area contributed by atoms with Crippen LogP contribution in [0.5, 0.6) is 0 Å². The molecular weight excluding hydrogens is 256 g/mol. The molecule has 0 bridgehead atoms. The number of fused-ring (bicyclic) bond motifs is 1. The maximum Gasteiger partial charge on any atom is 0.277 e. The van der Waals surface area contributed by atoms with Crippen LogP contribution in [0.25, 0.3) is 10.8 Å². The van der Waals surface area contributed by atoms with Crippen molar-refractivity contribution in [1.29, 1.82) is 0 Å². The van der Waals surface area contributed by atoms with Gasteiger partial charge in [-0.15, -0.1) is 0 Å². The summed E-state index contributed by atoms with van der Waals surface area (Å²) in [6, 6.07) is 12.0. The smallest absolute Gasteiger partial charge is 0.277 e. The fourth-order valence-electron chi connectivity index (χ4n) is 1.90. The second-order valence-electron chi connectivity index (χ2n) is 4.12. The Morgan fingerprint density at radius 2 is 1.80 bits per heavy atom. The third kappa shape index (κ3) is 2.14. The van der Waals surface area contributed by atoms with Gasteiger partial charge < -0.3 is 5.32 Å². The zero-order valence-electron chi connectivity index (χ0n) is 10.3. The summed E-state index contributed by atoms with van der Waals surface area (Å²) < 4.78 is 0. The van der Waals surface area contributed by atoms with Crippen molar-refractivity contribution in [2.75, 3.05) is 5.32 Å². The lowest BCUT2D eigenvalue weighted by Crippen LogP contribution is -2.19. The molecule has 0 aliphatic carbocycles. The fourth-order valence-corrected chi connectivity index (χ4v) is 1.90. The molecule has 1 amide bonds. The molecule has 1 aromatic carbocycles. The maximum absolute atomic E-state index is 12.2. The number of carbonyl (C=O) groups excluding carboxylic acids is 1. The van der Waals surface area contributed by atoms with E-state index in [1.54, 1.807) is 48.7 Å². The molecule has 0 spiro atoms. The molecule has 0 saturated heterocycles. The number of benzene rings is 1. The van der Waals surface area contributed by atoms with Gasteiger partial charge in [-0.05, 0) is 18.2 Å². The Morgan fingerprint density at radius 3 is 2.55 bits per heavy atom. The van der Waals surface area contributed by atoms with E-state index in [1.165, 1.54) is 0 Å². The van der Waals surface area contributed by atoms with E-state index < -0.39 is 5.91 Å². The topological polar surface area (TPSA) is 87.7 Å². The Kier molecular flexibility index (Phi) is 2.96. The second kappa shape index (κ2) is 4.93. The van der Waals surface area contributed by atoms with E-state index in [2.05, 4.69) is 20.5 Å². The van der Waals surface area contributed by atoms with Crippen molar-refractivity contribution >= 4 is 22.5 Å². The first kappa shape index (κ1) is 12.0. The summed E-state index contributed by atoms with van der Waals surface area (Å²) in [6.45, 7) is 0. The van der Waals surface area contributed by atoms with E-state index >= 15 is 0 Å². The molecule has 0 aliphatic rings. The lowest BCUT2D eigenvalue weighted by molar-refractivity contribution is 0.102. The van der Waals surface area contributed by atoms with Gasteiger partial charge in [0, 0.05) is 11.6 Å². The monoisotopic (exact) mass is 266 g/mol. The van der Waals surface area contributed by atoms with Crippen molar-refractivity contribution in [3.63, 3.8) is 0 Å². The van der Waals surface area contributed by atoms with E-state index in [0.717, 1.165) is 0 Å². The van der Waals surface area contributed by atoms with Crippen LogP contribution >= 0.6 is 0 Å². The van der Waals surface area contributed by atoms with Crippen LogP contribution in [0.3, 0.4) is 0 Å². The molecule has 0 fully saturated rings. The average Bonchev–Trinajstić information content (AvgIpc) is 2.49. The van der Waals surface area contributed by atoms with Crippen molar-refractivity contribution < 1.29 is 4.79 Å². The van der Waals surface area contributed by atoms with Gasteiger partial charge in [-0.1, -0.05) is 24.3 Å². The molecular formula is C14H10N4O2. The first-order valence-corrected chi connectivity index (χ1v) is 5.95. The zero-order valence-corrected chi connectivity index (χ0v) is 10.3. The Labute approximate surface area is 113 Å². The predicted octanol–water partition coefficient (Wildman–Crippen LogP) is 1.57. The van der Waals surface area contributed by atoms with Crippen LogP contribution in [0.1, 0.15) is 10.5 Å². The number of anilines is 1. The van der Waals surface area contributed by atoms with Crippen LogP contribution in [0.2, 0.25) is 0 Å². The van der Waals surface area contributed by atoms with Gasteiger partial charge in [0.25, 0.3) is 11.5 Å². The molecule has 2 N–H and O–H groups in total. The van der Waals surface area contributed by atoms with Crippen LogP contribution in [-0.4, -0.2) is 21.1 Å². The molecule has 20 heavy (non-hydrogen) atoms. The normalized spacial score (nSPS) is 10.4. The molecule has 0 unspecified atom stereocenters. The number of hydrogen-bond donors (Lipinski definition) is 2. The number of carbonyl (C=O) groups is 1. The summed E-state index contributed by atoms with van der Waals surface area (Å²) in [4.78, 5) is 27.9. The number of aromatic amines is 1. The minimum absolute atomic E-state index is 0.158. The van der Waals surface area contributed by atoms with Gasteiger partial charge in [-0.25, -0.2) is 10.1 Å². The molecule has 2 aromatic heterocycles. The largest absolute Gasteiger partial charge is 0.305 e. The average molecular weight is 266 g/mol. The van der Waals surface area contributed by atoms with E-state index in [1.807, 2.05) is 0 Å². The molecule has 0 radical (unpaired) electrons. The van der Waals surface area contributed by atoms with Gasteiger partial charge in [-0.2, -0.15) is 5.10 Å². The minimum Gasteiger partial charge on any atom is -0.305 e. The number of rotatable bonds is 2. The molecule has 3 rings (SSSR count). The van der Waals surface area contributed by atoms with Gasteiger partial charge in [-0.3, -0.25) is 9.59 Å². The Morgan fingerprint density at radius 1 is 1.05 bits per heavy atom. The van der Waals surface area contributed by atoms with Crippen LogP contribution in [0.15, 0.2) is 53.5 Å². The van der Waals surface area contributed by atoms with Crippen molar-refractivity contribution in [2.45, 2.75) is 0 Å². The molecule has 98 valence electrons. The zero-order chi connectivity index (χ0) is 13.9. The van der Waals surface area contributed by atoms with Crippen molar-refractivity contribution in [1.82, 2.24) is 15.2 Å². The standard InChI is InChI=1S/C14H10N4O2/c19-13-10-6-2-1-5-9(10)12(17-18-13)14(20)16-11-7-3-4-8-15-11/h1-8H,(H,18,19)(H,15,16,20). The first-order valence-electron chi connectivity index (χ1n) is 5.95. The van der Waals surface area contributed by atoms with E-state index in [9.17, 15) is 9.59 Å². The van der Waals surface area contributed by atoms with Crippen LogP contribution in [0.4, 0.5) is 5.82 Å². The fraction of sp³-hybridized carbons (Fsp3) is 0. The Bertz CT molecular complexity index is 827. The van der Waals surface area contributed by atoms with Gasteiger partial charge >= 0.3 is 0 Å². The number of amides is 1. The van der Waals surface area contributed by atoms with Crippen LogP contribution < -0.4 is 10.9 Å². The summed E-state index contributed by atoms with van der Waals surface area (Å²) in [5, 5.41) is 9.71. The Balaban J connectivity index is 2.04. The number of hydrogen-bond acceptors (Lipinski definition) is 4. The van der Waals surface area contributed by atoms with E-state index in [0.29, 0.717) is 16.6 Å². The molecule has 6 nitrogen and oxygen atoms in total. The summed E-state index contributed by atoms with van der Waals surface area (Å²) in [5.41, 5.74) is -0.166. The molecule has 0 saturated carbocycles. The lowest BCUT2D eigenvalue weighted by Gasteiger charge is -2.05. The van der Waals surface area contributed by atoms with E-state index in [4.69, 9.17) is 0 Å². The van der Waals surface area contributed by atoms with Gasteiger partial charge in [0.05, 0.1) is 5.39 Å². The highest BCUT2D eigenvalue weighted by atomic mass is 16.2. The summed E-state index contributed by atoms with van der Waals surface area (Å²) in [7, 11) is 0. The number of nitrogens with zero attached hydrogens (tertiary/aromatic N) is 2. The van der Waals surface area contributed by atoms with E-state index in [-0.39, 0.29) is 11.3 Å². The molecule has 0 aliphatic heterocycles. The third-order valence-corrected chi connectivity index (χ3v) is 2.82. The van der Waals surface area contributed by atoms with Crippen molar-refractivity contribution in [2.24, 2.45) is 0 Å². The highest BCUT2D eigenvalue weighted by Crippen LogP contribution is 2.13. The van der Waals surface area contributed by atoms with Crippen LogP contribution in [0, 0.1) is 0 Å². The van der Waals surface area contributed by atoms with Gasteiger partial charge in [0.2, 0.25) is 0 Å². The summed E-state index contributed by atoms with van der Waals surface area (Å²) >= 11 is 0. The molecule has 6 heteroatoms. The third-order valence-electron chi connectivity index (χ3n) is 2.82. The number of H-pyrrole nitrogens is 1. The summed E-state index contributed by atoms with van der Waals surface area (Å²) in [6.07, 6.45) is 1.58. The van der Waals surface area contributed by atoms with Gasteiger partial charge in [0.15, 0.2) is 5.69 Å². The highest BCUT2D eigenvalue weighted by Gasteiger charge is 2.14. The number of nitrogens with one attached hydrogen (secondary N) is 2. The maximum atomic E-state index is 12.2. The van der Waals surface area contributed by atoms with Crippen molar-refractivity contribution in [3.05, 3.63) is 64.7 Å². The predicted molar refractivity (Wildman–Crippen MR) is 74.6 cm³/mol.